The van der Waals surface area contributed by atoms with Crippen LogP contribution in [0.25, 0.3) is 0 Å². The molecule has 0 saturated carbocycles. The standard InChI is InChI=1S/C16H25FN2O2/c1-12(20)9-10-19(4)15(21)18-11-16(2,3)13-7-5-6-8-14(13)17/h5-8,12,20H,9-11H2,1-4H3,(H,18,21). The molecule has 0 saturated heterocycles. The Morgan fingerprint density at radius 3 is 2.62 bits per heavy atom. The molecule has 118 valence electrons. The van der Waals surface area contributed by atoms with E-state index in [1.165, 1.54) is 11.0 Å². The normalized spacial score (nSPS) is 12.9. The van der Waals surface area contributed by atoms with Crippen molar-refractivity contribution >= 4 is 6.03 Å². The van der Waals surface area contributed by atoms with Crippen LogP contribution in [0, 0.1) is 5.82 Å². The van der Waals surface area contributed by atoms with Crippen LogP contribution >= 0.6 is 0 Å². The Bertz CT molecular complexity index is 475. The quantitative estimate of drug-likeness (QED) is 0.847. The minimum Gasteiger partial charge on any atom is -0.393 e. The number of urea groups is 1. The van der Waals surface area contributed by atoms with Crippen molar-refractivity contribution in [1.82, 2.24) is 10.2 Å². The lowest BCUT2D eigenvalue weighted by Crippen LogP contribution is -2.44. The average Bonchev–Trinajstić information content (AvgIpc) is 2.42. The SMILES string of the molecule is CC(O)CCN(C)C(=O)NCC(C)(C)c1ccccc1F. The van der Waals surface area contributed by atoms with E-state index in [1.807, 2.05) is 13.8 Å². The van der Waals surface area contributed by atoms with Crippen LogP contribution in [0.15, 0.2) is 24.3 Å². The molecular formula is C16H25FN2O2. The minimum absolute atomic E-state index is 0.222. The van der Waals surface area contributed by atoms with E-state index < -0.39 is 11.5 Å². The Balaban J connectivity index is 2.57. The van der Waals surface area contributed by atoms with Crippen molar-refractivity contribution in [2.75, 3.05) is 20.1 Å². The van der Waals surface area contributed by atoms with Crippen molar-refractivity contribution in [1.29, 1.82) is 0 Å². The van der Waals surface area contributed by atoms with E-state index in [-0.39, 0.29) is 11.8 Å². The predicted octanol–water partition coefficient (Wildman–Crippen LogP) is 2.52. The number of nitrogens with one attached hydrogen (secondary N) is 1. The van der Waals surface area contributed by atoms with Gasteiger partial charge in [-0.25, -0.2) is 9.18 Å². The van der Waals surface area contributed by atoms with Gasteiger partial charge in [-0.05, 0) is 25.0 Å². The van der Waals surface area contributed by atoms with Crippen LogP contribution in [0.1, 0.15) is 32.8 Å². The zero-order valence-electron chi connectivity index (χ0n) is 13.2. The summed E-state index contributed by atoms with van der Waals surface area (Å²) in [4.78, 5) is 13.5. The van der Waals surface area contributed by atoms with E-state index in [2.05, 4.69) is 5.32 Å². The Labute approximate surface area is 126 Å². The van der Waals surface area contributed by atoms with Gasteiger partial charge in [-0.2, -0.15) is 0 Å². The number of aliphatic hydroxyl groups is 1. The molecule has 0 heterocycles. The fourth-order valence-electron chi connectivity index (χ4n) is 2.02. The molecule has 1 rings (SSSR count). The molecule has 1 aromatic carbocycles. The summed E-state index contributed by atoms with van der Waals surface area (Å²) in [6, 6.07) is 6.38. The molecule has 1 aromatic rings. The number of benzene rings is 1. The van der Waals surface area contributed by atoms with Gasteiger partial charge in [-0.15, -0.1) is 0 Å². The molecule has 0 aliphatic heterocycles. The lowest BCUT2D eigenvalue weighted by atomic mass is 9.84. The van der Waals surface area contributed by atoms with Crippen LogP contribution in [0.5, 0.6) is 0 Å². The van der Waals surface area contributed by atoms with E-state index in [4.69, 9.17) is 0 Å². The number of nitrogens with zero attached hydrogens (tertiary/aromatic N) is 1. The number of hydrogen-bond donors (Lipinski definition) is 2. The van der Waals surface area contributed by atoms with Crippen molar-refractivity contribution in [3.05, 3.63) is 35.6 Å². The average molecular weight is 296 g/mol. The highest BCUT2D eigenvalue weighted by atomic mass is 19.1. The first-order valence-electron chi connectivity index (χ1n) is 7.16. The first-order valence-corrected chi connectivity index (χ1v) is 7.16. The van der Waals surface area contributed by atoms with Crippen LogP contribution in [-0.2, 0) is 5.41 Å². The molecule has 5 heteroatoms. The predicted molar refractivity (Wildman–Crippen MR) is 81.8 cm³/mol. The monoisotopic (exact) mass is 296 g/mol. The third-order valence-electron chi connectivity index (χ3n) is 3.51. The van der Waals surface area contributed by atoms with E-state index in [9.17, 15) is 14.3 Å². The fraction of sp³-hybridized carbons (Fsp3) is 0.562. The largest absolute Gasteiger partial charge is 0.393 e. The molecule has 21 heavy (non-hydrogen) atoms. The first kappa shape index (κ1) is 17.4. The Hall–Kier alpha value is -1.62. The van der Waals surface area contributed by atoms with Crippen molar-refractivity contribution < 1.29 is 14.3 Å². The molecule has 4 nitrogen and oxygen atoms in total. The molecule has 1 atom stereocenters. The van der Waals surface area contributed by atoms with E-state index in [0.717, 1.165) is 0 Å². The van der Waals surface area contributed by atoms with Gasteiger partial charge < -0.3 is 15.3 Å². The second-order valence-electron chi connectivity index (χ2n) is 6.08. The van der Waals surface area contributed by atoms with E-state index >= 15 is 0 Å². The zero-order valence-corrected chi connectivity index (χ0v) is 13.2. The highest BCUT2D eigenvalue weighted by molar-refractivity contribution is 5.73. The molecular weight excluding hydrogens is 271 g/mol. The number of amides is 2. The maximum absolute atomic E-state index is 13.8. The Morgan fingerprint density at radius 2 is 2.05 bits per heavy atom. The second kappa shape index (κ2) is 7.41. The Morgan fingerprint density at radius 1 is 1.43 bits per heavy atom. The highest BCUT2D eigenvalue weighted by Gasteiger charge is 2.25. The maximum atomic E-state index is 13.8. The fourth-order valence-corrected chi connectivity index (χ4v) is 2.02. The van der Waals surface area contributed by atoms with Gasteiger partial charge in [0.05, 0.1) is 6.10 Å². The molecule has 0 aromatic heterocycles. The highest BCUT2D eigenvalue weighted by Crippen LogP contribution is 2.24. The third kappa shape index (κ3) is 5.34. The lowest BCUT2D eigenvalue weighted by Gasteiger charge is -2.28. The van der Waals surface area contributed by atoms with E-state index in [1.54, 1.807) is 32.2 Å². The smallest absolute Gasteiger partial charge is 0.317 e. The number of halogens is 1. The number of carbonyl (C=O) groups is 1. The first-order chi connectivity index (χ1) is 9.74. The zero-order chi connectivity index (χ0) is 16.0. The van der Waals surface area contributed by atoms with Crippen LogP contribution in [-0.4, -0.2) is 42.3 Å². The number of hydrogen-bond acceptors (Lipinski definition) is 2. The second-order valence-corrected chi connectivity index (χ2v) is 6.08. The van der Waals surface area contributed by atoms with Crippen molar-refractivity contribution in [3.63, 3.8) is 0 Å². The molecule has 0 radical (unpaired) electrons. The van der Waals surface area contributed by atoms with Gasteiger partial charge in [0.25, 0.3) is 0 Å². The molecule has 1 unspecified atom stereocenters. The molecule has 0 bridgehead atoms. The summed E-state index contributed by atoms with van der Waals surface area (Å²) in [5.74, 6) is -0.265. The maximum Gasteiger partial charge on any atom is 0.317 e. The third-order valence-corrected chi connectivity index (χ3v) is 3.51. The summed E-state index contributed by atoms with van der Waals surface area (Å²) in [6.45, 7) is 6.28. The summed E-state index contributed by atoms with van der Waals surface area (Å²) in [5, 5.41) is 12.0. The molecule has 2 amide bonds. The number of rotatable bonds is 6. The summed E-state index contributed by atoms with van der Waals surface area (Å²) in [7, 11) is 1.67. The van der Waals surface area contributed by atoms with Crippen LogP contribution in [0.2, 0.25) is 0 Å². The lowest BCUT2D eigenvalue weighted by molar-refractivity contribution is 0.163. The van der Waals surface area contributed by atoms with Gasteiger partial charge in [-0.1, -0.05) is 32.0 Å². The van der Waals surface area contributed by atoms with Gasteiger partial charge in [0.1, 0.15) is 5.82 Å². The van der Waals surface area contributed by atoms with E-state index in [0.29, 0.717) is 25.1 Å². The molecule has 0 spiro atoms. The van der Waals surface area contributed by atoms with Gasteiger partial charge in [0, 0.05) is 25.6 Å². The van der Waals surface area contributed by atoms with Gasteiger partial charge in [-0.3, -0.25) is 0 Å². The summed E-state index contributed by atoms with van der Waals surface area (Å²) < 4.78 is 13.8. The van der Waals surface area contributed by atoms with Crippen molar-refractivity contribution in [2.24, 2.45) is 0 Å². The van der Waals surface area contributed by atoms with Crippen LogP contribution in [0.3, 0.4) is 0 Å². The van der Waals surface area contributed by atoms with Gasteiger partial charge in [0.15, 0.2) is 0 Å². The summed E-state index contributed by atoms with van der Waals surface area (Å²) >= 11 is 0. The summed E-state index contributed by atoms with van der Waals surface area (Å²) in [5.41, 5.74) is 0.0866. The number of aliphatic hydroxyl groups excluding tert-OH is 1. The van der Waals surface area contributed by atoms with Crippen LogP contribution < -0.4 is 5.32 Å². The molecule has 2 N–H and O–H groups in total. The van der Waals surface area contributed by atoms with Crippen molar-refractivity contribution in [2.45, 2.75) is 38.7 Å². The van der Waals surface area contributed by atoms with Gasteiger partial charge >= 0.3 is 6.03 Å². The van der Waals surface area contributed by atoms with Crippen LogP contribution in [0.4, 0.5) is 9.18 Å². The van der Waals surface area contributed by atoms with Crippen molar-refractivity contribution in [3.8, 4) is 0 Å². The topological polar surface area (TPSA) is 52.6 Å². The Kier molecular flexibility index (Phi) is 6.15. The molecule has 0 aliphatic carbocycles. The molecule has 0 fully saturated rings. The summed E-state index contributed by atoms with van der Waals surface area (Å²) in [6.07, 6.45) is 0.0933. The minimum atomic E-state index is -0.494. The molecule has 0 aliphatic rings. The number of carbonyl (C=O) groups excluding carboxylic acids is 1. The van der Waals surface area contributed by atoms with Gasteiger partial charge in [0.2, 0.25) is 0 Å².